The Morgan fingerprint density at radius 3 is 3.00 bits per heavy atom. The Morgan fingerprint density at radius 1 is 1.43 bits per heavy atom. The molecule has 0 amide bonds. The maximum absolute atomic E-state index is 6.36. The summed E-state index contributed by atoms with van der Waals surface area (Å²) in [7, 11) is 0. The maximum Gasteiger partial charge on any atom is 0.127 e. The van der Waals surface area contributed by atoms with E-state index in [0.717, 1.165) is 35.5 Å². The van der Waals surface area contributed by atoms with Crippen molar-refractivity contribution in [3.05, 3.63) is 47.3 Å². The summed E-state index contributed by atoms with van der Waals surface area (Å²) in [6.07, 6.45) is 5.16. The third-order valence-corrected chi connectivity index (χ3v) is 3.75. The Kier molecular flexibility index (Phi) is 3.94. The second-order valence-corrected chi connectivity index (χ2v) is 5.58. The molecule has 3 aromatic rings. The molecule has 0 aliphatic carbocycles. The van der Waals surface area contributed by atoms with Crippen LogP contribution < -0.4 is 5.73 Å². The molecule has 0 aliphatic heterocycles. The second-order valence-electron chi connectivity index (χ2n) is 5.14. The average molecular weight is 304 g/mol. The highest BCUT2D eigenvalue weighted by Crippen LogP contribution is 2.24. The first-order chi connectivity index (χ1) is 10.2. The fraction of sp³-hybridized carbons (Fsp3) is 0.333. The third-order valence-electron chi connectivity index (χ3n) is 3.51. The van der Waals surface area contributed by atoms with Crippen molar-refractivity contribution in [3.63, 3.8) is 0 Å². The number of hydrogen-bond donors (Lipinski definition) is 2. The van der Waals surface area contributed by atoms with E-state index in [0.29, 0.717) is 11.4 Å². The zero-order chi connectivity index (χ0) is 14.8. The second kappa shape index (κ2) is 5.87. The molecular formula is C15H18ClN5. The number of nitrogens with one attached hydrogen (secondary N) is 1. The molecule has 1 unspecified atom stereocenters. The van der Waals surface area contributed by atoms with Crippen molar-refractivity contribution in [2.45, 2.75) is 32.4 Å². The summed E-state index contributed by atoms with van der Waals surface area (Å²) < 4.78 is 2.17. The van der Waals surface area contributed by atoms with E-state index in [9.17, 15) is 0 Å². The minimum absolute atomic E-state index is 0.178. The van der Waals surface area contributed by atoms with Crippen LogP contribution in [-0.2, 0) is 13.0 Å². The molecule has 1 aromatic carbocycles. The van der Waals surface area contributed by atoms with Gasteiger partial charge in [-0.25, -0.2) is 9.97 Å². The number of aryl methyl sites for hydroxylation is 1. The number of H-pyrrole nitrogens is 1. The van der Waals surface area contributed by atoms with Crippen LogP contribution in [0, 0.1) is 0 Å². The molecule has 0 spiro atoms. The molecule has 2 aromatic heterocycles. The third kappa shape index (κ3) is 2.80. The molecule has 110 valence electrons. The number of halogens is 1. The highest BCUT2D eigenvalue weighted by molar-refractivity contribution is 6.31. The number of benzene rings is 1. The molecule has 0 bridgehead atoms. The van der Waals surface area contributed by atoms with Crippen molar-refractivity contribution >= 4 is 22.6 Å². The van der Waals surface area contributed by atoms with Gasteiger partial charge in [0.25, 0.3) is 0 Å². The summed E-state index contributed by atoms with van der Waals surface area (Å²) >= 11 is 6.11. The minimum Gasteiger partial charge on any atom is -0.348 e. The van der Waals surface area contributed by atoms with Crippen molar-refractivity contribution in [1.82, 2.24) is 19.5 Å². The van der Waals surface area contributed by atoms with Gasteiger partial charge in [-0.2, -0.15) is 0 Å². The zero-order valence-corrected chi connectivity index (χ0v) is 12.6. The van der Waals surface area contributed by atoms with Crippen LogP contribution in [0.5, 0.6) is 0 Å². The van der Waals surface area contributed by atoms with Gasteiger partial charge in [-0.3, -0.25) is 0 Å². The Morgan fingerprint density at radius 2 is 2.29 bits per heavy atom. The number of hydrogen-bond acceptors (Lipinski definition) is 3. The lowest BCUT2D eigenvalue weighted by atomic mass is 10.1. The predicted octanol–water partition coefficient (Wildman–Crippen LogP) is 3.07. The lowest BCUT2D eigenvalue weighted by Gasteiger charge is -2.13. The molecule has 0 saturated carbocycles. The molecule has 0 fully saturated rings. The summed E-state index contributed by atoms with van der Waals surface area (Å²) in [5, 5.41) is 0.716. The molecular weight excluding hydrogens is 286 g/mol. The van der Waals surface area contributed by atoms with Gasteiger partial charge in [0.15, 0.2) is 0 Å². The SMILES string of the molecule is CCCn1c(C(N)Cc2cnc[nH]2)nc2ccc(Cl)cc21. The van der Waals surface area contributed by atoms with Crippen LogP contribution in [0.25, 0.3) is 11.0 Å². The molecule has 5 nitrogen and oxygen atoms in total. The van der Waals surface area contributed by atoms with E-state index in [2.05, 4.69) is 21.5 Å². The van der Waals surface area contributed by atoms with E-state index in [1.165, 1.54) is 0 Å². The van der Waals surface area contributed by atoms with E-state index in [1.54, 1.807) is 12.5 Å². The van der Waals surface area contributed by atoms with Crippen LogP contribution >= 0.6 is 11.6 Å². The monoisotopic (exact) mass is 303 g/mol. The molecule has 1 atom stereocenters. The summed E-state index contributed by atoms with van der Waals surface area (Å²) in [5.41, 5.74) is 9.34. The zero-order valence-electron chi connectivity index (χ0n) is 11.9. The highest BCUT2D eigenvalue weighted by Gasteiger charge is 2.17. The number of rotatable bonds is 5. The quantitative estimate of drug-likeness (QED) is 0.761. The van der Waals surface area contributed by atoms with Gasteiger partial charge in [0.1, 0.15) is 5.82 Å². The van der Waals surface area contributed by atoms with Gasteiger partial charge < -0.3 is 15.3 Å². The first-order valence-electron chi connectivity index (χ1n) is 7.07. The standard InChI is InChI=1S/C15H18ClN5/c1-2-5-21-14-6-10(16)3-4-13(14)20-15(21)12(17)7-11-8-18-9-19-11/h3-4,6,8-9,12H,2,5,7,17H2,1H3,(H,18,19). The molecule has 0 aliphatic rings. The largest absolute Gasteiger partial charge is 0.348 e. The molecule has 3 rings (SSSR count). The van der Waals surface area contributed by atoms with Gasteiger partial charge >= 0.3 is 0 Å². The molecule has 2 heterocycles. The topological polar surface area (TPSA) is 72.5 Å². The molecule has 0 saturated heterocycles. The lowest BCUT2D eigenvalue weighted by Crippen LogP contribution is -2.19. The first-order valence-corrected chi connectivity index (χ1v) is 7.45. The molecule has 3 N–H and O–H groups in total. The van der Waals surface area contributed by atoms with Crippen molar-refractivity contribution < 1.29 is 0 Å². The Labute approximate surface area is 128 Å². The highest BCUT2D eigenvalue weighted by atomic mass is 35.5. The van der Waals surface area contributed by atoms with E-state index in [1.807, 2.05) is 18.2 Å². The smallest absolute Gasteiger partial charge is 0.127 e. The Hall–Kier alpha value is -1.85. The van der Waals surface area contributed by atoms with Crippen LogP contribution in [0.4, 0.5) is 0 Å². The van der Waals surface area contributed by atoms with Crippen molar-refractivity contribution in [2.24, 2.45) is 5.73 Å². The van der Waals surface area contributed by atoms with Crippen molar-refractivity contribution in [1.29, 1.82) is 0 Å². The Bertz CT molecular complexity index is 732. The van der Waals surface area contributed by atoms with E-state index < -0.39 is 0 Å². The summed E-state index contributed by atoms with van der Waals surface area (Å²) in [4.78, 5) is 11.8. The summed E-state index contributed by atoms with van der Waals surface area (Å²) in [6, 6.07) is 5.57. The number of fused-ring (bicyclic) bond motifs is 1. The van der Waals surface area contributed by atoms with Gasteiger partial charge in [-0.15, -0.1) is 0 Å². The fourth-order valence-corrected chi connectivity index (χ4v) is 2.75. The first kappa shape index (κ1) is 14.1. The number of nitrogens with two attached hydrogens (primary N) is 1. The van der Waals surface area contributed by atoms with E-state index in [-0.39, 0.29) is 6.04 Å². The molecule has 6 heteroatoms. The van der Waals surface area contributed by atoms with Crippen LogP contribution in [0.3, 0.4) is 0 Å². The minimum atomic E-state index is -0.178. The van der Waals surface area contributed by atoms with Crippen LogP contribution in [0.1, 0.15) is 30.9 Å². The van der Waals surface area contributed by atoms with Crippen molar-refractivity contribution in [3.8, 4) is 0 Å². The van der Waals surface area contributed by atoms with Crippen LogP contribution in [0.2, 0.25) is 5.02 Å². The van der Waals surface area contributed by atoms with Gasteiger partial charge in [-0.1, -0.05) is 18.5 Å². The van der Waals surface area contributed by atoms with Gasteiger partial charge in [-0.05, 0) is 24.6 Å². The lowest BCUT2D eigenvalue weighted by molar-refractivity contribution is 0.581. The van der Waals surface area contributed by atoms with Crippen LogP contribution in [0.15, 0.2) is 30.7 Å². The number of imidazole rings is 2. The summed E-state index contributed by atoms with van der Waals surface area (Å²) in [5.74, 6) is 0.892. The predicted molar refractivity (Wildman–Crippen MR) is 84.3 cm³/mol. The fourth-order valence-electron chi connectivity index (χ4n) is 2.58. The van der Waals surface area contributed by atoms with Gasteiger partial charge in [0.05, 0.1) is 23.4 Å². The summed E-state index contributed by atoms with van der Waals surface area (Å²) in [6.45, 7) is 3.02. The Balaban J connectivity index is 2.01. The van der Waals surface area contributed by atoms with E-state index in [4.69, 9.17) is 22.3 Å². The molecule has 0 radical (unpaired) electrons. The maximum atomic E-state index is 6.36. The normalized spacial score (nSPS) is 12.9. The van der Waals surface area contributed by atoms with Crippen molar-refractivity contribution in [2.75, 3.05) is 0 Å². The number of aromatic nitrogens is 4. The number of aromatic amines is 1. The molecule has 21 heavy (non-hydrogen) atoms. The number of nitrogens with zero attached hydrogens (tertiary/aromatic N) is 3. The van der Waals surface area contributed by atoms with E-state index >= 15 is 0 Å². The van der Waals surface area contributed by atoms with Gasteiger partial charge in [0, 0.05) is 29.9 Å². The van der Waals surface area contributed by atoms with Crippen LogP contribution in [-0.4, -0.2) is 19.5 Å². The van der Waals surface area contributed by atoms with Gasteiger partial charge in [0.2, 0.25) is 0 Å². The average Bonchev–Trinajstić information content (AvgIpc) is 3.08.